The smallest absolute Gasteiger partial charge is 0.228 e. The molecule has 0 aliphatic rings. The van der Waals surface area contributed by atoms with E-state index in [1.165, 1.54) is 12.1 Å². The highest BCUT2D eigenvalue weighted by molar-refractivity contribution is 7.91. The predicted molar refractivity (Wildman–Crippen MR) is 116 cm³/mol. The summed E-state index contributed by atoms with van der Waals surface area (Å²) in [7, 11) is -3.25. The Labute approximate surface area is 179 Å². The summed E-state index contributed by atoms with van der Waals surface area (Å²) in [5.74, 6) is -0.192. The topological polar surface area (TPSA) is 76.1 Å². The average molecular weight is 449 g/mol. The van der Waals surface area contributed by atoms with E-state index in [4.69, 9.17) is 23.2 Å². The molecule has 1 amide bonds. The maximum atomic E-state index is 12.3. The van der Waals surface area contributed by atoms with E-state index >= 15 is 0 Å². The first-order valence-corrected chi connectivity index (χ1v) is 11.2. The lowest BCUT2D eigenvalue weighted by molar-refractivity contribution is -0.115. The minimum Gasteiger partial charge on any atom is -0.324 e. The van der Waals surface area contributed by atoms with Gasteiger partial charge >= 0.3 is 0 Å². The SMILES string of the molecule is CCS(=O)(=O)c1ccc(CC(=O)Nc2ccc(-c3cc(Cl)ccc3Cl)nc2)cc1. The molecule has 3 aromatic rings. The number of nitrogens with one attached hydrogen (secondary N) is 1. The molecule has 1 aromatic heterocycles. The van der Waals surface area contributed by atoms with Crippen molar-refractivity contribution in [1.29, 1.82) is 0 Å². The first-order chi connectivity index (χ1) is 13.8. The number of carbonyl (C=O) groups excluding carboxylic acids is 1. The highest BCUT2D eigenvalue weighted by Crippen LogP contribution is 2.29. The Hall–Kier alpha value is -2.41. The Kier molecular flexibility index (Phi) is 6.57. The molecule has 0 radical (unpaired) electrons. The third kappa shape index (κ3) is 5.35. The molecule has 0 atom stereocenters. The summed E-state index contributed by atoms with van der Waals surface area (Å²) >= 11 is 12.2. The van der Waals surface area contributed by atoms with Crippen LogP contribution in [0.15, 0.2) is 65.7 Å². The third-order valence-corrected chi connectivity index (χ3v) is 6.59. The van der Waals surface area contributed by atoms with Gasteiger partial charge in [0.1, 0.15) is 0 Å². The molecule has 0 unspecified atom stereocenters. The number of hydrogen-bond donors (Lipinski definition) is 1. The number of halogens is 2. The van der Waals surface area contributed by atoms with Crippen LogP contribution < -0.4 is 5.32 Å². The van der Waals surface area contributed by atoms with Crippen LogP contribution in [-0.4, -0.2) is 25.1 Å². The number of carbonyl (C=O) groups is 1. The van der Waals surface area contributed by atoms with Gasteiger partial charge in [0, 0.05) is 10.6 Å². The third-order valence-electron chi connectivity index (χ3n) is 4.28. The normalized spacial score (nSPS) is 11.3. The van der Waals surface area contributed by atoms with Crippen molar-refractivity contribution in [3.05, 3.63) is 76.4 Å². The summed E-state index contributed by atoms with van der Waals surface area (Å²) in [6.07, 6.45) is 1.66. The van der Waals surface area contributed by atoms with Crippen LogP contribution in [-0.2, 0) is 21.1 Å². The van der Waals surface area contributed by atoms with Crippen LogP contribution in [0.5, 0.6) is 0 Å². The van der Waals surface area contributed by atoms with Crippen molar-refractivity contribution in [3.63, 3.8) is 0 Å². The van der Waals surface area contributed by atoms with Gasteiger partial charge in [0.25, 0.3) is 0 Å². The van der Waals surface area contributed by atoms with Gasteiger partial charge < -0.3 is 5.32 Å². The van der Waals surface area contributed by atoms with E-state index in [1.54, 1.807) is 55.6 Å². The molecule has 1 N–H and O–H groups in total. The van der Waals surface area contributed by atoms with Gasteiger partial charge in [-0.3, -0.25) is 9.78 Å². The minimum absolute atomic E-state index is 0.0379. The Balaban J connectivity index is 1.66. The molecule has 0 saturated heterocycles. The predicted octanol–water partition coefficient (Wildman–Crippen LogP) is 5.03. The lowest BCUT2D eigenvalue weighted by Crippen LogP contribution is -2.14. The van der Waals surface area contributed by atoms with E-state index < -0.39 is 9.84 Å². The molecule has 0 bridgehead atoms. The van der Waals surface area contributed by atoms with Crippen LogP contribution in [0.2, 0.25) is 10.0 Å². The number of hydrogen-bond acceptors (Lipinski definition) is 4. The zero-order chi connectivity index (χ0) is 21.0. The van der Waals surface area contributed by atoms with Crippen LogP contribution in [0.4, 0.5) is 5.69 Å². The van der Waals surface area contributed by atoms with Crippen molar-refractivity contribution in [2.24, 2.45) is 0 Å². The molecule has 0 fully saturated rings. The second-order valence-corrected chi connectivity index (χ2v) is 9.45. The van der Waals surface area contributed by atoms with E-state index in [2.05, 4.69) is 10.3 Å². The fourth-order valence-corrected chi connectivity index (χ4v) is 3.96. The minimum atomic E-state index is -3.25. The molecule has 0 spiro atoms. The van der Waals surface area contributed by atoms with Crippen molar-refractivity contribution < 1.29 is 13.2 Å². The first kappa shape index (κ1) is 21.3. The van der Waals surface area contributed by atoms with E-state index in [0.29, 0.717) is 32.6 Å². The summed E-state index contributed by atoms with van der Waals surface area (Å²) in [5, 5.41) is 3.86. The summed E-state index contributed by atoms with van der Waals surface area (Å²) in [4.78, 5) is 16.9. The maximum absolute atomic E-state index is 12.3. The van der Waals surface area contributed by atoms with E-state index in [0.717, 1.165) is 0 Å². The van der Waals surface area contributed by atoms with Gasteiger partial charge in [-0.1, -0.05) is 42.3 Å². The first-order valence-electron chi connectivity index (χ1n) is 8.81. The fraction of sp³-hybridized carbons (Fsp3) is 0.143. The summed E-state index contributed by atoms with van der Waals surface area (Å²) in [5.41, 5.74) is 2.61. The number of nitrogens with zero attached hydrogens (tertiary/aromatic N) is 1. The molecule has 29 heavy (non-hydrogen) atoms. The largest absolute Gasteiger partial charge is 0.324 e. The van der Waals surface area contributed by atoms with Crippen LogP contribution in [0.3, 0.4) is 0 Å². The molecule has 1 heterocycles. The van der Waals surface area contributed by atoms with Crippen LogP contribution in [0.1, 0.15) is 12.5 Å². The van der Waals surface area contributed by atoms with Gasteiger partial charge in [-0.2, -0.15) is 0 Å². The fourth-order valence-electron chi connectivity index (χ4n) is 2.69. The molecule has 150 valence electrons. The van der Waals surface area contributed by atoms with Gasteiger partial charge in [0.05, 0.1) is 39.7 Å². The molecule has 0 saturated carbocycles. The lowest BCUT2D eigenvalue weighted by Gasteiger charge is -2.08. The summed E-state index contributed by atoms with van der Waals surface area (Å²) in [6.45, 7) is 1.59. The van der Waals surface area contributed by atoms with Crippen molar-refractivity contribution in [2.45, 2.75) is 18.2 Å². The number of aromatic nitrogens is 1. The zero-order valence-corrected chi connectivity index (χ0v) is 17.9. The number of rotatable bonds is 6. The highest BCUT2D eigenvalue weighted by atomic mass is 35.5. The summed E-state index contributed by atoms with van der Waals surface area (Å²) in [6, 6.07) is 14.9. The molecule has 8 heteroatoms. The molecule has 0 aliphatic heterocycles. The van der Waals surface area contributed by atoms with Gasteiger partial charge in [-0.15, -0.1) is 0 Å². The number of pyridine rings is 1. The van der Waals surface area contributed by atoms with Gasteiger partial charge in [0.15, 0.2) is 9.84 Å². The number of amides is 1. The Morgan fingerprint density at radius 3 is 2.38 bits per heavy atom. The maximum Gasteiger partial charge on any atom is 0.228 e. The number of benzene rings is 2. The van der Waals surface area contributed by atoms with Crippen LogP contribution >= 0.6 is 23.2 Å². The van der Waals surface area contributed by atoms with Crippen LogP contribution in [0.25, 0.3) is 11.3 Å². The zero-order valence-electron chi connectivity index (χ0n) is 15.5. The molecular weight excluding hydrogens is 431 g/mol. The Bertz CT molecular complexity index is 1130. The van der Waals surface area contributed by atoms with Gasteiger partial charge in [-0.05, 0) is 48.0 Å². The average Bonchev–Trinajstić information content (AvgIpc) is 2.71. The van der Waals surface area contributed by atoms with Gasteiger partial charge in [-0.25, -0.2) is 8.42 Å². The monoisotopic (exact) mass is 448 g/mol. The van der Waals surface area contributed by atoms with Crippen molar-refractivity contribution in [3.8, 4) is 11.3 Å². The summed E-state index contributed by atoms with van der Waals surface area (Å²) < 4.78 is 23.7. The molecule has 5 nitrogen and oxygen atoms in total. The highest BCUT2D eigenvalue weighted by Gasteiger charge is 2.12. The van der Waals surface area contributed by atoms with Crippen molar-refractivity contribution in [1.82, 2.24) is 4.98 Å². The van der Waals surface area contributed by atoms with Crippen molar-refractivity contribution >= 4 is 44.6 Å². The molecule has 0 aliphatic carbocycles. The Morgan fingerprint density at radius 2 is 1.76 bits per heavy atom. The van der Waals surface area contributed by atoms with E-state index in [9.17, 15) is 13.2 Å². The standard InChI is InChI=1S/C21H18Cl2N2O3S/c1-2-29(27,28)17-7-3-14(4-8-17)11-21(26)25-16-6-10-20(24-13-16)18-12-15(22)5-9-19(18)23/h3-10,12-13H,2,11H2,1H3,(H,25,26). The number of sulfone groups is 1. The van der Waals surface area contributed by atoms with E-state index in [-0.39, 0.29) is 23.0 Å². The van der Waals surface area contributed by atoms with E-state index in [1.807, 2.05) is 0 Å². The Morgan fingerprint density at radius 1 is 1.03 bits per heavy atom. The molecule has 3 rings (SSSR count). The quantitative estimate of drug-likeness (QED) is 0.573. The molecule has 2 aromatic carbocycles. The molecular formula is C21H18Cl2N2O3S. The van der Waals surface area contributed by atoms with Crippen LogP contribution in [0, 0.1) is 0 Å². The van der Waals surface area contributed by atoms with Crippen molar-refractivity contribution in [2.75, 3.05) is 11.1 Å². The number of anilines is 1. The lowest BCUT2D eigenvalue weighted by atomic mass is 10.1. The second-order valence-electron chi connectivity index (χ2n) is 6.33. The van der Waals surface area contributed by atoms with Gasteiger partial charge in [0.2, 0.25) is 5.91 Å². The second kappa shape index (κ2) is 8.95.